The standard InChI is InChI=1S/C10H13FN2O2/c1-2-6-15-8-5-3-4-7(11)9(8)10(12)13-14/h3-5,14H,2,6H2,1H3,(H2,12,13). The van der Waals surface area contributed by atoms with Gasteiger partial charge in [-0.2, -0.15) is 0 Å². The van der Waals surface area contributed by atoms with Crippen LogP contribution in [-0.4, -0.2) is 17.6 Å². The van der Waals surface area contributed by atoms with E-state index in [0.29, 0.717) is 6.61 Å². The summed E-state index contributed by atoms with van der Waals surface area (Å²) in [6.07, 6.45) is 0.798. The van der Waals surface area contributed by atoms with E-state index >= 15 is 0 Å². The highest BCUT2D eigenvalue weighted by Gasteiger charge is 2.13. The third kappa shape index (κ3) is 2.59. The highest BCUT2D eigenvalue weighted by molar-refractivity contribution is 5.99. The van der Waals surface area contributed by atoms with Crippen LogP contribution in [0.4, 0.5) is 4.39 Å². The van der Waals surface area contributed by atoms with Crippen LogP contribution in [0, 0.1) is 5.82 Å². The monoisotopic (exact) mass is 212 g/mol. The van der Waals surface area contributed by atoms with Crippen molar-refractivity contribution in [2.75, 3.05) is 6.61 Å². The maximum absolute atomic E-state index is 13.4. The molecular formula is C10H13FN2O2. The molecule has 1 aromatic rings. The van der Waals surface area contributed by atoms with Crippen LogP contribution in [0.5, 0.6) is 5.75 Å². The Morgan fingerprint density at radius 1 is 1.60 bits per heavy atom. The molecule has 0 saturated heterocycles. The topological polar surface area (TPSA) is 67.8 Å². The largest absolute Gasteiger partial charge is 0.493 e. The number of ether oxygens (including phenoxy) is 1. The average Bonchev–Trinajstić information content (AvgIpc) is 2.25. The zero-order valence-electron chi connectivity index (χ0n) is 8.40. The van der Waals surface area contributed by atoms with Crippen molar-refractivity contribution in [3.63, 3.8) is 0 Å². The van der Waals surface area contributed by atoms with Gasteiger partial charge in [0.25, 0.3) is 0 Å². The van der Waals surface area contributed by atoms with Crippen LogP contribution < -0.4 is 10.5 Å². The second kappa shape index (κ2) is 5.19. The maximum Gasteiger partial charge on any atom is 0.176 e. The first-order chi connectivity index (χ1) is 7.20. The summed E-state index contributed by atoms with van der Waals surface area (Å²) in [7, 11) is 0. The van der Waals surface area contributed by atoms with E-state index < -0.39 is 5.82 Å². The number of amidine groups is 1. The Balaban J connectivity index is 3.09. The number of nitrogens with zero attached hydrogens (tertiary/aromatic N) is 1. The lowest BCUT2D eigenvalue weighted by Crippen LogP contribution is -2.17. The van der Waals surface area contributed by atoms with Gasteiger partial charge in [0.05, 0.1) is 12.2 Å². The molecule has 4 nitrogen and oxygen atoms in total. The molecule has 0 bridgehead atoms. The summed E-state index contributed by atoms with van der Waals surface area (Å²) in [5.41, 5.74) is 5.34. The maximum atomic E-state index is 13.4. The Labute approximate surface area is 87.2 Å². The number of benzene rings is 1. The molecule has 0 heterocycles. The second-order valence-electron chi connectivity index (χ2n) is 2.95. The van der Waals surface area contributed by atoms with Gasteiger partial charge in [0.1, 0.15) is 11.6 Å². The number of halogens is 1. The van der Waals surface area contributed by atoms with E-state index in [-0.39, 0.29) is 17.1 Å². The molecule has 5 heteroatoms. The Kier molecular flexibility index (Phi) is 3.91. The molecule has 0 aliphatic rings. The molecule has 82 valence electrons. The van der Waals surface area contributed by atoms with Crippen molar-refractivity contribution in [3.8, 4) is 5.75 Å². The van der Waals surface area contributed by atoms with Crippen molar-refractivity contribution in [1.82, 2.24) is 0 Å². The smallest absolute Gasteiger partial charge is 0.176 e. The van der Waals surface area contributed by atoms with E-state index in [9.17, 15) is 4.39 Å². The number of rotatable bonds is 4. The third-order valence-corrected chi connectivity index (χ3v) is 1.80. The molecule has 0 aliphatic heterocycles. The predicted molar refractivity (Wildman–Crippen MR) is 54.7 cm³/mol. The highest BCUT2D eigenvalue weighted by Crippen LogP contribution is 2.21. The van der Waals surface area contributed by atoms with Crippen LogP contribution in [0.3, 0.4) is 0 Å². The minimum absolute atomic E-state index is 0.00606. The van der Waals surface area contributed by atoms with E-state index in [1.54, 1.807) is 6.07 Å². The molecule has 0 unspecified atom stereocenters. The summed E-state index contributed by atoms with van der Waals surface area (Å²) in [6.45, 7) is 2.39. The minimum Gasteiger partial charge on any atom is -0.493 e. The summed E-state index contributed by atoms with van der Waals surface area (Å²) in [5, 5.41) is 11.3. The van der Waals surface area contributed by atoms with Gasteiger partial charge in [-0.3, -0.25) is 0 Å². The molecule has 0 atom stereocenters. The van der Waals surface area contributed by atoms with E-state index in [2.05, 4.69) is 5.16 Å². The van der Waals surface area contributed by atoms with Gasteiger partial charge >= 0.3 is 0 Å². The fourth-order valence-corrected chi connectivity index (χ4v) is 1.14. The summed E-state index contributed by atoms with van der Waals surface area (Å²) in [6, 6.07) is 4.31. The van der Waals surface area contributed by atoms with Crippen LogP contribution in [-0.2, 0) is 0 Å². The zero-order chi connectivity index (χ0) is 11.3. The minimum atomic E-state index is -0.570. The first-order valence-electron chi connectivity index (χ1n) is 4.60. The van der Waals surface area contributed by atoms with Gasteiger partial charge in [-0.25, -0.2) is 4.39 Å². The lowest BCUT2D eigenvalue weighted by atomic mass is 10.1. The van der Waals surface area contributed by atoms with Crippen molar-refractivity contribution in [2.24, 2.45) is 10.9 Å². The second-order valence-corrected chi connectivity index (χ2v) is 2.95. The lowest BCUT2D eigenvalue weighted by Gasteiger charge is -2.10. The number of hydrogen-bond donors (Lipinski definition) is 2. The lowest BCUT2D eigenvalue weighted by molar-refractivity contribution is 0.310. The third-order valence-electron chi connectivity index (χ3n) is 1.80. The molecule has 15 heavy (non-hydrogen) atoms. The molecule has 0 saturated carbocycles. The quantitative estimate of drug-likeness (QED) is 0.345. The molecular weight excluding hydrogens is 199 g/mol. The zero-order valence-corrected chi connectivity index (χ0v) is 8.40. The Hall–Kier alpha value is -1.78. The highest BCUT2D eigenvalue weighted by atomic mass is 19.1. The molecule has 1 rings (SSSR count). The van der Waals surface area contributed by atoms with Gasteiger partial charge in [-0.05, 0) is 18.6 Å². The molecule has 0 amide bonds. The van der Waals surface area contributed by atoms with Gasteiger partial charge in [-0.15, -0.1) is 0 Å². The summed E-state index contributed by atoms with van der Waals surface area (Å²) in [4.78, 5) is 0. The van der Waals surface area contributed by atoms with E-state index in [4.69, 9.17) is 15.7 Å². The van der Waals surface area contributed by atoms with Crippen LogP contribution in [0.2, 0.25) is 0 Å². The summed E-state index contributed by atoms with van der Waals surface area (Å²) < 4.78 is 18.6. The van der Waals surface area contributed by atoms with Crippen LogP contribution in [0.1, 0.15) is 18.9 Å². The van der Waals surface area contributed by atoms with E-state index in [1.165, 1.54) is 12.1 Å². The molecule has 3 N–H and O–H groups in total. The van der Waals surface area contributed by atoms with Gasteiger partial charge in [0.15, 0.2) is 5.84 Å². The van der Waals surface area contributed by atoms with Gasteiger partial charge in [-0.1, -0.05) is 18.1 Å². The molecule has 0 aromatic heterocycles. The Bertz CT molecular complexity index is 366. The predicted octanol–water partition coefficient (Wildman–Crippen LogP) is 1.71. The molecule has 0 spiro atoms. The number of hydrogen-bond acceptors (Lipinski definition) is 3. The molecule has 0 aliphatic carbocycles. The Morgan fingerprint density at radius 2 is 2.33 bits per heavy atom. The van der Waals surface area contributed by atoms with Gasteiger partial charge < -0.3 is 15.7 Å². The first kappa shape index (κ1) is 11.3. The van der Waals surface area contributed by atoms with Crippen molar-refractivity contribution in [1.29, 1.82) is 0 Å². The Morgan fingerprint density at radius 3 is 2.93 bits per heavy atom. The molecule has 0 radical (unpaired) electrons. The van der Waals surface area contributed by atoms with Gasteiger partial charge in [0, 0.05) is 0 Å². The van der Waals surface area contributed by atoms with Crippen molar-refractivity contribution in [2.45, 2.75) is 13.3 Å². The fourth-order valence-electron chi connectivity index (χ4n) is 1.14. The number of oxime groups is 1. The first-order valence-corrected chi connectivity index (χ1v) is 4.60. The van der Waals surface area contributed by atoms with Crippen LogP contribution >= 0.6 is 0 Å². The summed E-state index contributed by atoms with van der Waals surface area (Å²) >= 11 is 0. The van der Waals surface area contributed by atoms with E-state index in [1.807, 2.05) is 6.92 Å². The van der Waals surface area contributed by atoms with E-state index in [0.717, 1.165) is 6.42 Å². The average molecular weight is 212 g/mol. The van der Waals surface area contributed by atoms with Crippen molar-refractivity contribution < 1.29 is 14.3 Å². The fraction of sp³-hybridized carbons (Fsp3) is 0.300. The van der Waals surface area contributed by atoms with Crippen LogP contribution in [0.15, 0.2) is 23.4 Å². The SMILES string of the molecule is CCCOc1cccc(F)c1C(N)=NO. The normalized spacial score (nSPS) is 11.5. The number of nitrogens with two attached hydrogens (primary N) is 1. The van der Waals surface area contributed by atoms with Gasteiger partial charge in [0.2, 0.25) is 0 Å². The van der Waals surface area contributed by atoms with Crippen molar-refractivity contribution >= 4 is 5.84 Å². The van der Waals surface area contributed by atoms with Crippen LogP contribution in [0.25, 0.3) is 0 Å². The van der Waals surface area contributed by atoms with Crippen molar-refractivity contribution in [3.05, 3.63) is 29.6 Å². The summed E-state index contributed by atoms with van der Waals surface area (Å²) in [5.74, 6) is -0.578. The molecule has 1 aromatic carbocycles. The molecule has 0 fully saturated rings.